The van der Waals surface area contributed by atoms with E-state index >= 15 is 0 Å². The van der Waals surface area contributed by atoms with Crippen molar-refractivity contribution in [2.24, 2.45) is 0 Å². The van der Waals surface area contributed by atoms with E-state index in [1.165, 1.54) is 6.92 Å². The average molecular weight is 659 g/mol. The number of aryl methyl sites for hydroxylation is 1. The van der Waals surface area contributed by atoms with E-state index in [9.17, 15) is 35.9 Å². The molecule has 1 aliphatic carbocycles. The number of hydrogen-bond acceptors (Lipinski definition) is 4. The van der Waals surface area contributed by atoms with Gasteiger partial charge in [0, 0.05) is 26.2 Å². The van der Waals surface area contributed by atoms with Gasteiger partial charge in [-0.1, -0.05) is 24.3 Å². The maximum atomic E-state index is 14.1. The van der Waals surface area contributed by atoms with Gasteiger partial charge >= 0.3 is 18.4 Å². The fraction of sp³-hybridized carbons (Fsp3) is 0.517. The summed E-state index contributed by atoms with van der Waals surface area (Å²) in [7, 11) is 0. The first-order valence-corrected chi connectivity index (χ1v) is 13.3. The van der Waals surface area contributed by atoms with Crippen LogP contribution in [0.4, 0.5) is 31.1 Å². The lowest BCUT2D eigenvalue weighted by atomic mass is 9.87. The number of fused-ring (bicyclic) bond motifs is 1. The molecule has 2 atom stereocenters. The van der Waals surface area contributed by atoms with Crippen molar-refractivity contribution in [3.63, 3.8) is 0 Å². The van der Waals surface area contributed by atoms with Gasteiger partial charge in [-0.25, -0.2) is 4.79 Å². The van der Waals surface area contributed by atoms with Crippen LogP contribution in [0.5, 0.6) is 0 Å². The fourth-order valence-corrected chi connectivity index (χ4v) is 5.53. The van der Waals surface area contributed by atoms with E-state index in [0.717, 1.165) is 11.1 Å². The molecule has 0 radical (unpaired) electrons. The molecule has 2 aromatic carbocycles. The molecule has 1 aliphatic heterocycles. The van der Waals surface area contributed by atoms with Crippen LogP contribution in [-0.2, 0) is 33.8 Å². The van der Waals surface area contributed by atoms with Crippen LogP contribution in [0.15, 0.2) is 42.5 Å². The van der Waals surface area contributed by atoms with Gasteiger partial charge in [-0.3, -0.25) is 9.69 Å². The molecular weight excluding hydrogens is 623 g/mol. The number of ether oxygens (including phenoxy) is 1. The highest BCUT2D eigenvalue weighted by molar-refractivity contribution is 5.89. The molecule has 4 rings (SSSR count). The molecule has 1 fully saturated rings. The smallest absolute Gasteiger partial charge is 0.416 e. The van der Waals surface area contributed by atoms with Gasteiger partial charge in [0.15, 0.2) is 0 Å². The molecule has 1 saturated heterocycles. The summed E-state index contributed by atoms with van der Waals surface area (Å²) in [6.45, 7) is 7.85. The topological polar surface area (TPSA) is 61.9 Å². The maximum absolute atomic E-state index is 14.1. The van der Waals surface area contributed by atoms with Crippen LogP contribution in [0, 0.1) is 0 Å². The molecule has 0 saturated carbocycles. The molecule has 0 bridgehead atoms. The molecule has 43 heavy (non-hydrogen) atoms. The summed E-state index contributed by atoms with van der Waals surface area (Å²) in [5.41, 5.74) is -3.41. The molecule has 2 aliphatic rings. The maximum Gasteiger partial charge on any atom is 0.416 e. The lowest BCUT2D eigenvalue weighted by Gasteiger charge is -2.45. The minimum absolute atomic E-state index is 0. The Kier molecular flexibility index (Phi) is 11.1. The Morgan fingerprint density at radius 2 is 1.42 bits per heavy atom. The number of benzene rings is 2. The van der Waals surface area contributed by atoms with Gasteiger partial charge in [0.05, 0.1) is 17.2 Å². The van der Waals surface area contributed by atoms with E-state index in [0.29, 0.717) is 38.1 Å². The monoisotopic (exact) mass is 657 g/mol. The highest BCUT2D eigenvalue weighted by atomic mass is 35.5. The first kappa shape index (κ1) is 36.5. The fourth-order valence-electron chi connectivity index (χ4n) is 5.53. The van der Waals surface area contributed by atoms with Crippen molar-refractivity contribution in [1.82, 2.24) is 15.1 Å². The minimum Gasteiger partial charge on any atom is -0.444 e. The van der Waals surface area contributed by atoms with Crippen LogP contribution in [-0.4, -0.2) is 53.6 Å². The third-order valence-electron chi connectivity index (χ3n) is 7.52. The van der Waals surface area contributed by atoms with Crippen molar-refractivity contribution < 1.29 is 40.7 Å². The summed E-state index contributed by atoms with van der Waals surface area (Å²) < 4.78 is 86.2. The SMILES string of the molecule is CC(NC(=O)[C@@]1(N2CCN(C(=O)OC(C)(C)C)CC2)CCc2ccccc21)c1cc(C(F)(F)F)cc(C(F)(F)F)c1.Cl.Cl. The van der Waals surface area contributed by atoms with E-state index in [4.69, 9.17) is 4.74 Å². The molecule has 0 aromatic heterocycles. The van der Waals surface area contributed by atoms with Crippen LogP contribution in [0.2, 0.25) is 0 Å². The summed E-state index contributed by atoms with van der Waals surface area (Å²) in [5, 5.41) is 2.72. The molecule has 6 nitrogen and oxygen atoms in total. The summed E-state index contributed by atoms with van der Waals surface area (Å²) in [5.74, 6) is -0.522. The van der Waals surface area contributed by atoms with E-state index in [1.54, 1.807) is 31.7 Å². The van der Waals surface area contributed by atoms with Crippen LogP contribution in [0.3, 0.4) is 0 Å². The van der Waals surface area contributed by atoms with Crippen LogP contribution in [0.25, 0.3) is 0 Å². The number of piperazine rings is 1. The van der Waals surface area contributed by atoms with E-state index in [-0.39, 0.29) is 49.5 Å². The van der Waals surface area contributed by atoms with Crippen molar-refractivity contribution in [2.75, 3.05) is 26.2 Å². The second kappa shape index (κ2) is 13.1. The Morgan fingerprint density at radius 3 is 1.93 bits per heavy atom. The number of nitrogens with one attached hydrogen (secondary N) is 1. The number of halogens is 8. The Morgan fingerprint density at radius 1 is 0.884 bits per heavy atom. The predicted octanol–water partition coefficient (Wildman–Crippen LogP) is 7.14. The number of hydrogen-bond donors (Lipinski definition) is 1. The van der Waals surface area contributed by atoms with E-state index in [2.05, 4.69) is 5.32 Å². The van der Waals surface area contributed by atoms with Gasteiger partial charge < -0.3 is 15.0 Å². The number of carbonyl (C=O) groups excluding carboxylic acids is 2. The molecular formula is C29H35Cl2F6N3O3. The number of carbonyl (C=O) groups is 2. The quantitative estimate of drug-likeness (QED) is 0.355. The molecule has 240 valence electrons. The molecule has 2 aromatic rings. The molecule has 1 unspecified atom stereocenters. The first-order valence-electron chi connectivity index (χ1n) is 13.3. The molecule has 14 heteroatoms. The highest BCUT2D eigenvalue weighted by Crippen LogP contribution is 2.43. The van der Waals surface area contributed by atoms with Crippen molar-refractivity contribution >= 4 is 36.8 Å². The summed E-state index contributed by atoms with van der Waals surface area (Å²) in [4.78, 5) is 30.2. The Labute approximate surface area is 258 Å². The van der Waals surface area contributed by atoms with Crippen LogP contribution < -0.4 is 5.32 Å². The van der Waals surface area contributed by atoms with Crippen molar-refractivity contribution in [1.29, 1.82) is 0 Å². The summed E-state index contributed by atoms with van der Waals surface area (Å²) in [6, 6.07) is 7.53. The molecule has 1 heterocycles. The second-order valence-electron chi connectivity index (χ2n) is 11.5. The predicted molar refractivity (Wildman–Crippen MR) is 153 cm³/mol. The van der Waals surface area contributed by atoms with Gasteiger partial charge in [-0.05, 0) is 75.4 Å². The first-order chi connectivity index (χ1) is 18.9. The minimum atomic E-state index is -5.00. The second-order valence-corrected chi connectivity index (χ2v) is 11.5. The average Bonchev–Trinajstić information content (AvgIpc) is 3.27. The summed E-state index contributed by atoms with van der Waals surface area (Å²) >= 11 is 0. The lowest BCUT2D eigenvalue weighted by Crippen LogP contribution is -2.61. The largest absolute Gasteiger partial charge is 0.444 e. The number of amides is 2. The Bertz CT molecular complexity index is 1280. The summed E-state index contributed by atoms with van der Waals surface area (Å²) in [6.07, 6.45) is -9.54. The van der Waals surface area contributed by atoms with Crippen LogP contribution >= 0.6 is 24.8 Å². The normalized spacial score (nSPS) is 19.9. The Balaban J connectivity index is 0.00000323. The molecule has 2 amide bonds. The van der Waals surface area contributed by atoms with Gasteiger partial charge in [-0.2, -0.15) is 26.3 Å². The zero-order valence-corrected chi connectivity index (χ0v) is 25.7. The molecule has 1 N–H and O–H groups in total. The zero-order chi connectivity index (χ0) is 30.4. The van der Waals surface area contributed by atoms with E-state index in [1.807, 2.05) is 23.1 Å². The highest BCUT2D eigenvalue weighted by Gasteiger charge is 2.51. The van der Waals surface area contributed by atoms with Gasteiger partial charge in [0.1, 0.15) is 11.1 Å². The van der Waals surface area contributed by atoms with E-state index < -0.39 is 52.7 Å². The number of rotatable bonds is 4. The third-order valence-corrected chi connectivity index (χ3v) is 7.52. The van der Waals surface area contributed by atoms with Crippen molar-refractivity contribution in [2.45, 2.75) is 70.1 Å². The van der Waals surface area contributed by atoms with Gasteiger partial charge in [0.25, 0.3) is 0 Å². The molecule has 0 spiro atoms. The van der Waals surface area contributed by atoms with Crippen molar-refractivity contribution in [3.8, 4) is 0 Å². The van der Waals surface area contributed by atoms with Crippen LogP contribution in [0.1, 0.15) is 68.0 Å². The zero-order valence-electron chi connectivity index (χ0n) is 24.1. The Hall–Kier alpha value is -2.70. The lowest BCUT2D eigenvalue weighted by molar-refractivity contribution is -0.143. The van der Waals surface area contributed by atoms with Crippen molar-refractivity contribution in [3.05, 3.63) is 70.3 Å². The standard InChI is InChI=1S/C29H33F6N3O3.2ClH/c1-18(20-15-21(28(30,31)32)17-22(16-20)29(33,34)35)36-24(39)27(10-9-19-7-5-6-8-23(19)27)38-13-11-37(12-14-38)25(40)41-26(2,3)4;;/h5-8,15-18H,9-14H2,1-4H3,(H,36,39);2*1H/t18?,27-;;/m1../s1. The number of nitrogens with zero attached hydrogens (tertiary/aromatic N) is 2. The number of alkyl halides is 6. The third kappa shape index (κ3) is 7.88. The van der Waals surface area contributed by atoms with Gasteiger partial charge in [-0.15, -0.1) is 24.8 Å². The van der Waals surface area contributed by atoms with Gasteiger partial charge in [0.2, 0.25) is 5.91 Å².